The SMILES string of the molecule is COc1ccc(C(C)NC(=O)/C(C#N)=C\Nc2ccc(O)cc2C)cc1. The average Bonchev–Trinajstić information content (AvgIpc) is 2.63. The number of nitriles is 1. The number of rotatable bonds is 6. The summed E-state index contributed by atoms with van der Waals surface area (Å²) in [6.45, 7) is 3.65. The Bertz CT molecular complexity index is 852. The van der Waals surface area contributed by atoms with Crippen molar-refractivity contribution >= 4 is 11.6 Å². The van der Waals surface area contributed by atoms with E-state index in [1.165, 1.54) is 12.3 Å². The number of carbonyl (C=O) groups is 1. The number of aromatic hydroxyl groups is 1. The number of methoxy groups -OCH3 is 1. The highest BCUT2D eigenvalue weighted by Crippen LogP contribution is 2.21. The maximum Gasteiger partial charge on any atom is 0.263 e. The summed E-state index contributed by atoms with van der Waals surface area (Å²) in [5.74, 6) is 0.418. The van der Waals surface area contributed by atoms with Crippen LogP contribution in [0.15, 0.2) is 54.2 Å². The third-order valence-corrected chi connectivity index (χ3v) is 3.91. The van der Waals surface area contributed by atoms with E-state index in [0.717, 1.165) is 16.9 Å². The quantitative estimate of drug-likeness (QED) is 0.421. The fraction of sp³-hybridized carbons (Fsp3) is 0.200. The van der Waals surface area contributed by atoms with E-state index in [1.54, 1.807) is 19.2 Å². The van der Waals surface area contributed by atoms with Crippen molar-refractivity contribution in [2.24, 2.45) is 0 Å². The Hall–Kier alpha value is -3.46. The highest BCUT2D eigenvalue weighted by molar-refractivity contribution is 5.97. The fourth-order valence-corrected chi connectivity index (χ4v) is 2.36. The third-order valence-electron chi connectivity index (χ3n) is 3.91. The number of ether oxygens (including phenoxy) is 1. The van der Waals surface area contributed by atoms with Crippen LogP contribution >= 0.6 is 0 Å². The lowest BCUT2D eigenvalue weighted by molar-refractivity contribution is -0.117. The lowest BCUT2D eigenvalue weighted by Crippen LogP contribution is -2.28. The molecule has 3 N–H and O–H groups in total. The molecule has 1 unspecified atom stereocenters. The van der Waals surface area contributed by atoms with Crippen LogP contribution in [0.25, 0.3) is 0 Å². The molecule has 1 amide bonds. The normalized spacial score (nSPS) is 12.0. The molecule has 0 heterocycles. The number of nitrogens with one attached hydrogen (secondary N) is 2. The molecule has 6 nitrogen and oxygen atoms in total. The Balaban J connectivity index is 2.06. The van der Waals surface area contributed by atoms with E-state index in [9.17, 15) is 15.2 Å². The molecule has 0 aliphatic heterocycles. The maximum absolute atomic E-state index is 12.3. The van der Waals surface area contributed by atoms with Crippen molar-refractivity contribution < 1.29 is 14.6 Å². The summed E-state index contributed by atoms with van der Waals surface area (Å²) in [6, 6.07) is 13.8. The molecule has 0 aromatic heterocycles. The van der Waals surface area contributed by atoms with Crippen molar-refractivity contribution in [2.45, 2.75) is 19.9 Å². The van der Waals surface area contributed by atoms with E-state index in [0.29, 0.717) is 5.69 Å². The molecule has 2 aromatic carbocycles. The van der Waals surface area contributed by atoms with Gasteiger partial charge in [0.2, 0.25) is 0 Å². The number of phenols is 1. The molecule has 0 spiro atoms. The Morgan fingerprint density at radius 2 is 1.96 bits per heavy atom. The number of hydrogen-bond acceptors (Lipinski definition) is 5. The first-order valence-corrected chi connectivity index (χ1v) is 8.06. The zero-order valence-corrected chi connectivity index (χ0v) is 14.9. The lowest BCUT2D eigenvalue weighted by Gasteiger charge is -2.14. The minimum absolute atomic E-state index is 0.0437. The Kier molecular flexibility index (Phi) is 6.23. The standard InChI is InChI=1S/C20H21N3O3/c1-13-10-17(24)6-9-19(13)22-12-16(11-21)20(25)23-14(2)15-4-7-18(26-3)8-5-15/h4-10,12,14,22,24H,1-3H3,(H,23,25)/b16-12-. The van der Waals surface area contributed by atoms with Crippen LogP contribution in [-0.4, -0.2) is 18.1 Å². The van der Waals surface area contributed by atoms with E-state index < -0.39 is 5.91 Å². The molecule has 1 atom stereocenters. The molecule has 2 rings (SSSR count). The minimum Gasteiger partial charge on any atom is -0.508 e. The van der Waals surface area contributed by atoms with Crippen LogP contribution in [0.3, 0.4) is 0 Å². The van der Waals surface area contributed by atoms with Crippen molar-refractivity contribution in [1.82, 2.24) is 5.32 Å². The van der Waals surface area contributed by atoms with Gasteiger partial charge >= 0.3 is 0 Å². The van der Waals surface area contributed by atoms with Crippen LogP contribution in [0.5, 0.6) is 11.5 Å². The number of carbonyl (C=O) groups excluding carboxylic acids is 1. The van der Waals surface area contributed by atoms with Crippen LogP contribution < -0.4 is 15.4 Å². The van der Waals surface area contributed by atoms with E-state index in [1.807, 2.05) is 44.2 Å². The molecule has 6 heteroatoms. The van der Waals surface area contributed by atoms with Gasteiger partial charge in [-0.1, -0.05) is 12.1 Å². The predicted octanol–water partition coefficient (Wildman–Crippen LogP) is 3.41. The van der Waals surface area contributed by atoms with Gasteiger partial charge in [-0.25, -0.2) is 0 Å². The van der Waals surface area contributed by atoms with E-state index in [2.05, 4.69) is 10.6 Å². The van der Waals surface area contributed by atoms with Crippen molar-refractivity contribution in [3.63, 3.8) is 0 Å². The number of anilines is 1. The Morgan fingerprint density at radius 1 is 1.27 bits per heavy atom. The summed E-state index contributed by atoms with van der Waals surface area (Å²) in [4.78, 5) is 12.3. The van der Waals surface area contributed by atoms with Crippen LogP contribution in [0, 0.1) is 18.3 Å². The summed E-state index contributed by atoms with van der Waals surface area (Å²) >= 11 is 0. The second kappa shape index (κ2) is 8.58. The van der Waals surface area contributed by atoms with Crippen molar-refractivity contribution in [3.8, 4) is 17.6 Å². The molecule has 0 aliphatic carbocycles. The summed E-state index contributed by atoms with van der Waals surface area (Å²) in [6.07, 6.45) is 1.36. The summed E-state index contributed by atoms with van der Waals surface area (Å²) in [5.41, 5.74) is 2.36. The number of amides is 1. The molecule has 0 aliphatic rings. The monoisotopic (exact) mass is 351 g/mol. The number of phenolic OH excluding ortho intramolecular Hbond substituents is 1. The molecule has 0 saturated carbocycles. The topological polar surface area (TPSA) is 94.4 Å². The smallest absolute Gasteiger partial charge is 0.263 e. The molecule has 0 bridgehead atoms. The first-order valence-electron chi connectivity index (χ1n) is 8.06. The second-order valence-corrected chi connectivity index (χ2v) is 5.78. The van der Waals surface area contributed by atoms with E-state index in [-0.39, 0.29) is 17.4 Å². The summed E-state index contributed by atoms with van der Waals surface area (Å²) in [5, 5.41) is 24.4. The summed E-state index contributed by atoms with van der Waals surface area (Å²) < 4.78 is 5.11. The number of hydrogen-bond donors (Lipinski definition) is 3. The Morgan fingerprint density at radius 3 is 2.54 bits per heavy atom. The molecule has 134 valence electrons. The molecular weight excluding hydrogens is 330 g/mol. The zero-order valence-electron chi connectivity index (χ0n) is 14.9. The van der Waals surface area contributed by atoms with Crippen LogP contribution in [-0.2, 0) is 4.79 Å². The van der Waals surface area contributed by atoms with Crippen LogP contribution in [0.2, 0.25) is 0 Å². The largest absolute Gasteiger partial charge is 0.508 e. The highest BCUT2D eigenvalue weighted by Gasteiger charge is 2.14. The van der Waals surface area contributed by atoms with Gasteiger partial charge in [0.1, 0.15) is 23.1 Å². The number of nitrogens with zero attached hydrogens (tertiary/aromatic N) is 1. The fourth-order valence-electron chi connectivity index (χ4n) is 2.36. The second-order valence-electron chi connectivity index (χ2n) is 5.78. The minimum atomic E-state index is -0.472. The molecule has 0 fully saturated rings. The number of benzene rings is 2. The average molecular weight is 351 g/mol. The van der Waals surface area contributed by atoms with Gasteiger partial charge in [-0.15, -0.1) is 0 Å². The van der Waals surface area contributed by atoms with E-state index >= 15 is 0 Å². The van der Waals surface area contributed by atoms with Crippen molar-refractivity contribution in [1.29, 1.82) is 5.26 Å². The van der Waals surface area contributed by atoms with Gasteiger partial charge in [0.25, 0.3) is 5.91 Å². The van der Waals surface area contributed by atoms with Gasteiger partial charge in [0.15, 0.2) is 0 Å². The van der Waals surface area contributed by atoms with Crippen molar-refractivity contribution in [3.05, 3.63) is 65.4 Å². The van der Waals surface area contributed by atoms with Crippen LogP contribution in [0.1, 0.15) is 24.1 Å². The molecule has 0 radical (unpaired) electrons. The van der Waals surface area contributed by atoms with Crippen molar-refractivity contribution in [2.75, 3.05) is 12.4 Å². The third kappa shape index (κ3) is 4.77. The highest BCUT2D eigenvalue weighted by atomic mass is 16.5. The van der Waals surface area contributed by atoms with Gasteiger partial charge in [-0.05, 0) is 55.3 Å². The molecule has 26 heavy (non-hydrogen) atoms. The lowest BCUT2D eigenvalue weighted by atomic mass is 10.1. The zero-order chi connectivity index (χ0) is 19.1. The number of aryl methyl sites for hydroxylation is 1. The molecule has 2 aromatic rings. The first-order chi connectivity index (χ1) is 12.4. The van der Waals surface area contributed by atoms with Gasteiger partial charge < -0.3 is 20.5 Å². The maximum atomic E-state index is 12.3. The van der Waals surface area contributed by atoms with Gasteiger partial charge in [-0.2, -0.15) is 5.26 Å². The predicted molar refractivity (Wildman–Crippen MR) is 99.7 cm³/mol. The van der Waals surface area contributed by atoms with Gasteiger partial charge in [0, 0.05) is 11.9 Å². The van der Waals surface area contributed by atoms with Crippen LogP contribution in [0.4, 0.5) is 5.69 Å². The van der Waals surface area contributed by atoms with E-state index in [4.69, 9.17) is 4.74 Å². The molecule has 0 saturated heterocycles. The van der Waals surface area contributed by atoms with Gasteiger partial charge in [0.05, 0.1) is 13.2 Å². The summed E-state index contributed by atoms with van der Waals surface area (Å²) in [7, 11) is 1.59. The van der Waals surface area contributed by atoms with Gasteiger partial charge in [-0.3, -0.25) is 4.79 Å². The Labute approximate surface area is 152 Å². The first kappa shape index (κ1) is 18.9. The molecular formula is C20H21N3O3.